The minimum atomic E-state index is -3.96. The fourth-order valence-corrected chi connectivity index (χ4v) is 2.82. The molecule has 0 spiro atoms. The van der Waals surface area contributed by atoms with Crippen LogP contribution in [0.25, 0.3) is 0 Å². The highest BCUT2D eigenvalue weighted by Crippen LogP contribution is 2.16. The summed E-state index contributed by atoms with van der Waals surface area (Å²) >= 11 is 0. The van der Waals surface area contributed by atoms with E-state index in [2.05, 4.69) is 6.58 Å². The minimum Gasteiger partial charge on any atom is -0.480 e. The maximum absolute atomic E-state index is 12.2. The molecule has 7 heteroatoms. The highest BCUT2D eigenvalue weighted by molar-refractivity contribution is 7.89. The standard InChI is InChI=1S/C12H12N2O4S/c1-2-6-14(9-12(15)16)19(17,18)11-5-3-4-10(7-11)8-13/h2-5,7H,1,6,9H2,(H,15,16). The Balaban J connectivity index is 3.22. The first kappa shape index (κ1) is 14.9. The van der Waals surface area contributed by atoms with Gasteiger partial charge in [-0.25, -0.2) is 8.42 Å². The van der Waals surface area contributed by atoms with Gasteiger partial charge < -0.3 is 5.11 Å². The average Bonchev–Trinajstić information content (AvgIpc) is 2.38. The molecule has 0 aliphatic rings. The molecule has 0 aliphatic heterocycles. The maximum atomic E-state index is 12.2. The summed E-state index contributed by atoms with van der Waals surface area (Å²) in [5.41, 5.74) is 0.190. The predicted molar refractivity (Wildman–Crippen MR) is 67.7 cm³/mol. The largest absolute Gasteiger partial charge is 0.480 e. The summed E-state index contributed by atoms with van der Waals surface area (Å²) in [7, 11) is -3.96. The van der Waals surface area contributed by atoms with Crippen LogP contribution in [0.5, 0.6) is 0 Å². The van der Waals surface area contributed by atoms with Gasteiger partial charge in [-0.1, -0.05) is 12.1 Å². The van der Waals surface area contributed by atoms with Crippen LogP contribution in [0.1, 0.15) is 5.56 Å². The third kappa shape index (κ3) is 3.64. The molecule has 0 bridgehead atoms. The molecule has 0 unspecified atom stereocenters. The van der Waals surface area contributed by atoms with Crippen LogP contribution in [0.4, 0.5) is 0 Å². The van der Waals surface area contributed by atoms with Crippen molar-refractivity contribution in [2.75, 3.05) is 13.1 Å². The lowest BCUT2D eigenvalue weighted by atomic mass is 10.2. The predicted octanol–water partition coefficient (Wildman–Crippen LogP) is 0.820. The van der Waals surface area contributed by atoms with E-state index in [1.54, 1.807) is 0 Å². The lowest BCUT2D eigenvalue weighted by molar-refractivity contribution is -0.137. The quantitative estimate of drug-likeness (QED) is 0.778. The summed E-state index contributed by atoms with van der Waals surface area (Å²) in [4.78, 5) is 10.6. The van der Waals surface area contributed by atoms with Gasteiger partial charge in [-0.05, 0) is 18.2 Å². The zero-order valence-electron chi connectivity index (χ0n) is 9.98. The highest BCUT2D eigenvalue weighted by Gasteiger charge is 2.25. The monoisotopic (exact) mass is 280 g/mol. The van der Waals surface area contributed by atoms with Crippen LogP contribution in [0.2, 0.25) is 0 Å². The number of sulfonamides is 1. The van der Waals surface area contributed by atoms with Gasteiger partial charge in [0.1, 0.15) is 6.54 Å². The van der Waals surface area contributed by atoms with Crippen LogP contribution in [0.3, 0.4) is 0 Å². The van der Waals surface area contributed by atoms with Crippen molar-refractivity contribution in [2.24, 2.45) is 0 Å². The number of hydrogen-bond donors (Lipinski definition) is 1. The number of rotatable bonds is 6. The molecule has 0 saturated heterocycles. The Morgan fingerprint density at radius 3 is 2.74 bits per heavy atom. The van der Waals surface area contributed by atoms with Gasteiger partial charge in [0.15, 0.2) is 0 Å². The van der Waals surface area contributed by atoms with Crippen molar-refractivity contribution in [3.63, 3.8) is 0 Å². The van der Waals surface area contributed by atoms with E-state index in [-0.39, 0.29) is 17.0 Å². The number of carboxylic acid groups (broad SMARTS) is 1. The van der Waals surface area contributed by atoms with E-state index in [1.165, 1.54) is 30.3 Å². The number of nitrogens with zero attached hydrogens (tertiary/aromatic N) is 2. The molecule has 0 aromatic heterocycles. The van der Waals surface area contributed by atoms with E-state index in [0.717, 1.165) is 4.31 Å². The lowest BCUT2D eigenvalue weighted by Gasteiger charge is -2.18. The van der Waals surface area contributed by atoms with Gasteiger partial charge in [0.2, 0.25) is 10.0 Å². The fraction of sp³-hybridized carbons (Fsp3) is 0.167. The molecule has 0 radical (unpaired) electrons. The van der Waals surface area contributed by atoms with E-state index in [0.29, 0.717) is 0 Å². The number of carboxylic acids is 1. The highest BCUT2D eigenvalue weighted by atomic mass is 32.2. The molecule has 6 nitrogen and oxygen atoms in total. The Morgan fingerprint density at radius 2 is 2.21 bits per heavy atom. The molecule has 1 aromatic rings. The Kier molecular flexibility index (Phi) is 4.80. The molecule has 0 saturated carbocycles. The van der Waals surface area contributed by atoms with Crippen molar-refractivity contribution in [3.05, 3.63) is 42.5 Å². The summed E-state index contributed by atoms with van der Waals surface area (Å²) in [6.07, 6.45) is 1.30. The van der Waals surface area contributed by atoms with Gasteiger partial charge in [-0.15, -0.1) is 6.58 Å². The van der Waals surface area contributed by atoms with Crippen molar-refractivity contribution in [1.82, 2.24) is 4.31 Å². The van der Waals surface area contributed by atoms with Crippen LogP contribution in [-0.2, 0) is 14.8 Å². The molecule has 0 aliphatic carbocycles. The third-order valence-corrected chi connectivity index (χ3v) is 4.05. The van der Waals surface area contributed by atoms with E-state index < -0.39 is 22.5 Å². The SMILES string of the molecule is C=CCN(CC(=O)O)S(=O)(=O)c1cccc(C#N)c1. The summed E-state index contributed by atoms with van der Waals surface area (Å²) in [6, 6.07) is 7.24. The summed E-state index contributed by atoms with van der Waals surface area (Å²) in [6.45, 7) is 2.62. The molecule has 1 aromatic carbocycles. The Labute approximate surface area is 111 Å². The maximum Gasteiger partial charge on any atom is 0.318 e. The van der Waals surface area contributed by atoms with Crippen molar-refractivity contribution >= 4 is 16.0 Å². The Bertz CT molecular complexity index is 631. The first-order valence-corrected chi connectivity index (χ1v) is 6.69. The van der Waals surface area contributed by atoms with Crippen LogP contribution < -0.4 is 0 Å². The molecule has 0 heterocycles. The summed E-state index contributed by atoms with van der Waals surface area (Å²) < 4.78 is 25.2. The van der Waals surface area contributed by atoms with Gasteiger partial charge in [-0.3, -0.25) is 4.79 Å². The zero-order valence-corrected chi connectivity index (χ0v) is 10.8. The van der Waals surface area contributed by atoms with Gasteiger partial charge in [0.25, 0.3) is 0 Å². The molecule has 1 rings (SSSR count). The fourth-order valence-electron chi connectivity index (χ4n) is 1.42. The minimum absolute atomic E-state index is 0.116. The number of benzene rings is 1. The van der Waals surface area contributed by atoms with Crippen molar-refractivity contribution in [2.45, 2.75) is 4.90 Å². The summed E-state index contributed by atoms with van der Waals surface area (Å²) in [5, 5.41) is 17.5. The van der Waals surface area contributed by atoms with Crippen LogP contribution in [0, 0.1) is 11.3 Å². The Hall–Kier alpha value is -2.17. The average molecular weight is 280 g/mol. The zero-order chi connectivity index (χ0) is 14.5. The van der Waals surface area contributed by atoms with Crippen LogP contribution >= 0.6 is 0 Å². The molecule has 1 N–H and O–H groups in total. The van der Waals surface area contributed by atoms with Crippen molar-refractivity contribution in [3.8, 4) is 6.07 Å². The second-order valence-corrected chi connectivity index (χ2v) is 5.56. The molecule has 0 atom stereocenters. The topological polar surface area (TPSA) is 98.5 Å². The summed E-state index contributed by atoms with van der Waals surface area (Å²) in [5.74, 6) is -1.26. The van der Waals surface area contributed by atoms with Crippen LogP contribution in [0.15, 0.2) is 41.8 Å². The second-order valence-electron chi connectivity index (χ2n) is 3.62. The van der Waals surface area contributed by atoms with E-state index in [4.69, 9.17) is 10.4 Å². The smallest absolute Gasteiger partial charge is 0.318 e. The van der Waals surface area contributed by atoms with Crippen molar-refractivity contribution < 1.29 is 18.3 Å². The number of carbonyl (C=O) groups is 1. The third-order valence-electron chi connectivity index (χ3n) is 2.25. The number of hydrogen-bond acceptors (Lipinski definition) is 4. The van der Waals surface area contributed by atoms with Gasteiger partial charge >= 0.3 is 5.97 Å². The number of nitriles is 1. The van der Waals surface area contributed by atoms with Gasteiger partial charge in [-0.2, -0.15) is 9.57 Å². The molecule has 100 valence electrons. The van der Waals surface area contributed by atoms with E-state index >= 15 is 0 Å². The van der Waals surface area contributed by atoms with E-state index in [1.807, 2.05) is 6.07 Å². The first-order chi connectivity index (χ1) is 8.91. The molecule has 19 heavy (non-hydrogen) atoms. The number of aliphatic carboxylic acids is 1. The first-order valence-electron chi connectivity index (χ1n) is 5.25. The van der Waals surface area contributed by atoms with Crippen molar-refractivity contribution in [1.29, 1.82) is 5.26 Å². The van der Waals surface area contributed by atoms with Gasteiger partial charge in [0, 0.05) is 6.54 Å². The van der Waals surface area contributed by atoms with E-state index in [9.17, 15) is 13.2 Å². The molecule has 0 fully saturated rings. The van der Waals surface area contributed by atoms with Crippen LogP contribution in [-0.4, -0.2) is 36.9 Å². The molecule has 0 amide bonds. The van der Waals surface area contributed by atoms with Gasteiger partial charge in [0.05, 0.1) is 16.5 Å². The normalized spacial score (nSPS) is 10.9. The second kappa shape index (κ2) is 6.13. The lowest BCUT2D eigenvalue weighted by Crippen LogP contribution is -2.35. The Morgan fingerprint density at radius 1 is 1.53 bits per heavy atom. The molecular formula is C12H12N2O4S. The molecular weight excluding hydrogens is 268 g/mol.